The minimum atomic E-state index is -0.490. The number of amides is 2. The Balaban J connectivity index is 1.80. The number of carbonyl (C=O) groups is 2. The largest absolute Gasteiger partial charge is 0.394 e. The maximum Gasteiger partial charge on any atom is 0.249 e. The number of carbonyl (C=O) groups excluding carboxylic acids is 2. The molecule has 2 aromatic rings. The Hall–Kier alpha value is -2.77. The van der Waals surface area contributed by atoms with Crippen LogP contribution in [0.1, 0.15) is 24.2 Å². The third-order valence-corrected chi connectivity index (χ3v) is 4.31. The van der Waals surface area contributed by atoms with E-state index in [9.17, 15) is 14.7 Å². The molecule has 2 heterocycles. The summed E-state index contributed by atoms with van der Waals surface area (Å²) in [6.07, 6.45) is 2.91. The molecule has 1 fully saturated rings. The van der Waals surface area contributed by atoms with E-state index in [0.717, 1.165) is 11.1 Å². The third-order valence-electron chi connectivity index (χ3n) is 4.31. The van der Waals surface area contributed by atoms with Gasteiger partial charge in [-0.15, -0.1) is 0 Å². The Morgan fingerprint density at radius 3 is 2.58 bits per heavy atom. The van der Waals surface area contributed by atoms with Gasteiger partial charge in [0.2, 0.25) is 11.8 Å². The summed E-state index contributed by atoms with van der Waals surface area (Å²) in [7, 11) is 0. The van der Waals surface area contributed by atoms with E-state index in [2.05, 4.69) is 10.3 Å². The minimum absolute atomic E-state index is 0.0420. The van der Waals surface area contributed by atoms with E-state index >= 15 is 0 Å². The van der Waals surface area contributed by atoms with Gasteiger partial charge in [-0.25, -0.2) is 0 Å². The summed E-state index contributed by atoms with van der Waals surface area (Å²) < 4.78 is 5.72. The van der Waals surface area contributed by atoms with Crippen LogP contribution in [0.5, 0.6) is 0 Å². The van der Waals surface area contributed by atoms with Crippen LogP contribution in [-0.4, -0.2) is 46.1 Å². The lowest BCUT2D eigenvalue weighted by atomic mass is 9.98. The Morgan fingerprint density at radius 1 is 1.27 bits per heavy atom. The molecule has 2 atom stereocenters. The summed E-state index contributed by atoms with van der Waals surface area (Å²) in [6, 6.07) is 10.4. The van der Waals surface area contributed by atoms with Crippen molar-refractivity contribution in [1.29, 1.82) is 0 Å². The van der Waals surface area contributed by atoms with Crippen LogP contribution in [0.2, 0.25) is 0 Å². The molecule has 1 aliphatic rings. The molecule has 26 heavy (non-hydrogen) atoms. The van der Waals surface area contributed by atoms with Crippen molar-refractivity contribution in [3.8, 4) is 0 Å². The number of rotatable bonds is 5. The molecule has 1 saturated heterocycles. The monoisotopic (exact) mass is 355 g/mol. The van der Waals surface area contributed by atoms with E-state index in [-0.39, 0.29) is 25.0 Å². The van der Waals surface area contributed by atoms with Crippen molar-refractivity contribution in [3.63, 3.8) is 0 Å². The second-order valence-electron chi connectivity index (χ2n) is 6.16. The maximum absolute atomic E-state index is 12.3. The lowest BCUT2D eigenvalue weighted by Gasteiger charge is -2.40. The fourth-order valence-electron chi connectivity index (χ4n) is 3.07. The topological polar surface area (TPSA) is 91.8 Å². The van der Waals surface area contributed by atoms with Crippen LogP contribution >= 0.6 is 0 Å². The molecule has 7 heteroatoms. The fraction of sp³-hybridized carbons (Fsp3) is 0.316. The molecule has 2 unspecified atom stereocenters. The van der Waals surface area contributed by atoms with Crippen LogP contribution in [-0.2, 0) is 20.9 Å². The number of pyridine rings is 1. The van der Waals surface area contributed by atoms with E-state index in [1.807, 2.05) is 24.3 Å². The Kier molecular flexibility index (Phi) is 5.60. The van der Waals surface area contributed by atoms with Crippen LogP contribution < -0.4 is 5.32 Å². The third kappa shape index (κ3) is 4.07. The van der Waals surface area contributed by atoms with Gasteiger partial charge in [0.25, 0.3) is 0 Å². The molecule has 2 N–H and O–H groups in total. The summed E-state index contributed by atoms with van der Waals surface area (Å²) in [6.45, 7) is 1.58. The van der Waals surface area contributed by atoms with Gasteiger partial charge in [0.15, 0.2) is 0 Å². The molecule has 136 valence electrons. The lowest BCUT2D eigenvalue weighted by molar-refractivity contribution is -0.162. The van der Waals surface area contributed by atoms with Gasteiger partial charge in [0.05, 0.1) is 12.6 Å². The normalized spacial score (nSPS) is 20.1. The molecule has 1 aromatic heterocycles. The van der Waals surface area contributed by atoms with Gasteiger partial charge >= 0.3 is 0 Å². The molecule has 1 aromatic carbocycles. The highest BCUT2D eigenvalue weighted by Crippen LogP contribution is 2.30. The predicted molar refractivity (Wildman–Crippen MR) is 95.1 cm³/mol. The standard InChI is InChI=1S/C19H21N3O4/c1-13(24)21-16-4-2-15(3-5-16)19-17(11-23)22(18(25)12-26-19)10-14-6-8-20-9-7-14/h2-9,17,19,23H,10-12H2,1H3,(H,21,24). The van der Waals surface area contributed by atoms with Gasteiger partial charge in [-0.2, -0.15) is 0 Å². The van der Waals surface area contributed by atoms with Gasteiger partial charge in [0, 0.05) is 31.5 Å². The zero-order valence-corrected chi connectivity index (χ0v) is 14.5. The van der Waals surface area contributed by atoms with E-state index in [0.29, 0.717) is 12.2 Å². The highest BCUT2D eigenvalue weighted by Gasteiger charge is 2.37. The number of aliphatic hydroxyl groups is 1. The fourth-order valence-corrected chi connectivity index (χ4v) is 3.07. The Labute approximate surface area is 151 Å². The van der Waals surface area contributed by atoms with Crippen molar-refractivity contribution in [2.45, 2.75) is 25.6 Å². The second kappa shape index (κ2) is 8.07. The zero-order valence-electron chi connectivity index (χ0n) is 14.5. The van der Waals surface area contributed by atoms with E-state index < -0.39 is 12.1 Å². The van der Waals surface area contributed by atoms with Crippen LogP contribution in [0.25, 0.3) is 0 Å². The number of ether oxygens (including phenoxy) is 1. The summed E-state index contributed by atoms with van der Waals surface area (Å²) in [4.78, 5) is 29.1. The molecule has 0 radical (unpaired) electrons. The first-order valence-corrected chi connectivity index (χ1v) is 8.37. The minimum Gasteiger partial charge on any atom is -0.394 e. The van der Waals surface area contributed by atoms with Crippen molar-refractivity contribution >= 4 is 17.5 Å². The van der Waals surface area contributed by atoms with Gasteiger partial charge < -0.3 is 20.1 Å². The van der Waals surface area contributed by atoms with Crippen LogP contribution in [0.4, 0.5) is 5.69 Å². The number of nitrogens with one attached hydrogen (secondary N) is 1. The summed E-state index contributed by atoms with van der Waals surface area (Å²) in [5.74, 6) is -0.305. The summed E-state index contributed by atoms with van der Waals surface area (Å²) in [5.41, 5.74) is 2.46. The lowest BCUT2D eigenvalue weighted by Crippen LogP contribution is -2.52. The smallest absolute Gasteiger partial charge is 0.249 e. The van der Waals surface area contributed by atoms with Crippen molar-refractivity contribution in [2.24, 2.45) is 0 Å². The molecule has 2 amide bonds. The van der Waals surface area contributed by atoms with Crippen molar-refractivity contribution < 1.29 is 19.4 Å². The van der Waals surface area contributed by atoms with E-state index in [1.54, 1.807) is 29.4 Å². The maximum atomic E-state index is 12.3. The van der Waals surface area contributed by atoms with Gasteiger partial charge in [-0.3, -0.25) is 14.6 Å². The Morgan fingerprint density at radius 2 is 1.96 bits per heavy atom. The predicted octanol–water partition coefficient (Wildman–Crippen LogP) is 1.50. The summed E-state index contributed by atoms with van der Waals surface area (Å²) >= 11 is 0. The molecule has 7 nitrogen and oxygen atoms in total. The first-order chi connectivity index (χ1) is 12.6. The molecular weight excluding hydrogens is 334 g/mol. The number of hydrogen-bond donors (Lipinski definition) is 2. The summed E-state index contributed by atoms with van der Waals surface area (Å²) in [5, 5.41) is 12.6. The number of morpholine rings is 1. The number of nitrogens with zero attached hydrogens (tertiary/aromatic N) is 2. The quantitative estimate of drug-likeness (QED) is 0.848. The molecule has 0 bridgehead atoms. The van der Waals surface area contributed by atoms with Crippen LogP contribution in [0.15, 0.2) is 48.8 Å². The number of hydrogen-bond acceptors (Lipinski definition) is 5. The van der Waals surface area contributed by atoms with Gasteiger partial charge in [-0.05, 0) is 35.4 Å². The van der Waals surface area contributed by atoms with Gasteiger partial charge in [-0.1, -0.05) is 12.1 Å². The Bertz CT molecular complexity index is 764. The highest BCUT2D eigenvalue weighted by molar-refractivity contribution is 5.88. The molecule has 0 aliphatic carbocycles. The average molecular weight is 355 g/mol. The number of benzene rings is 1. The van der Waals surface area contributed by atoms with Crippen molar-refractivity contribution in [1.82, 2.24) is 9.88 Å². The number of aromatic nitrogens is 1. The molecule has 0 saturated carbocycles. The first kappa shape index (κ1) is 18.0. The van der Waals surface area contributed by atoms with Crippen LogP contribution in [0.3, 0.4) is 0 Å². The molecule has 3 rings (SSSR count). The van der Waals surface area contributed by atoms with Gasteiger partial charge in [0.1, 0.15) is 12.7 Å². The molecule has 0 spiro atoms. The number of aliphatic hydroxyl groups excluding tert-OH is 1. The van der Waals surface area contributed by atoms with Crippen molar-refractivity contribution in [2.75, 3.05) is 18.5 Å². The van der Waals surface area contributed by atoms with E-state index in [4.69, 9.17) is 4.74 Å². The number of anilines is 1. The zero-order chi connectivity index (χ0) is 18.5. The molecular formula is C19H21N3O4. The van der Waals surface area contributed by atoms with E-state index in [1.165, 1.54) is 6.92 Å². The highest BCUT2D eigenvalue weighted by atomic mass is 16.5. The first-order valence-electron chi connectivity index (χ1n) is 8.37. The average Bonchev–Trinajstić information content (AvgIpc) is 2.64. The van der Waals surface area contributed by atoms with Crippen molar-refractivity contribution in [3.05, 3.63) is 59.9 Å². The second-order valence-corrected chi connectivity index (χ2v) is 6.16. The SMILES string of the molecule is CC(=O)Nc1ccc(C2OCC(=O)N(Cc3ccncc3)C2CO)cc1. The van der Waals surface area contributed by atoms with Crippen LogP contribution in [0, 0.1) is 0 Å². The molecule has 1 aliphatic heterocycles.